The van der Waals surface area contributed by atoms with Crippen molar-refractivity contribution in [1.29, 1.82) is 0 Å². The SMILES string of the molecule is CCN(CC)c1ccc(CN(CCOC)C(=O)NC(C)C)c(OS(=O)(=O)c2ccc(OC)cc2)c1. The zero-order valence-electron chi connectivity index (χ0n) is 21.4. The molecule has 0 heterocycles. The van der Waals surface area contributed by atoms with Crippen molar-refractivity contribution < 1.29 is 26.9 Å². The molecule has 2 aromatic rings. The van der Waals surface area contributed by atoms with E-state index in [2.05, 4.69) is 10.2 Å². The molecule has 0 saturated heterocycles. The average Bonchev–Trinajstić information content (AvgIpc) is 2.83. The van der Waals surface area contributed by atoms with Crippen molar-refractivity contribution in [3.8, 4) is 11.5 Å². The van der Waals surface area contributed by atoms with Gasteiger partial charge >= 0.3 is 16.1 Å². The number of benzene rings is 2. The molecule has 0 aliphatic heterocycles. The minimum Gasteiger partial charge on any atom is -0.497 e. The van der Waals surface area contributed by atoms with E-state index in [-0.39, 0.29) is 29.3 Å². The van der Waals surface area contributed by atoms with Crippen LogP contribution in [0, 0.1) is 0 Å². The summed E-state index contributed by atoms with van der Waals surface area (Å²) in [6.45, 7) is 10.1. The molecule has 0 radical (unpaired) electrons. The lowest BCUT2D eigenvalue weighted by Gasteiger charge is -2.26. The first-order valence-corrected chi connectivity index (χ1v) is 13.1. The lowest BCUT2D eigenvalue weighted by Crippen LogP contribution is -2.44. The minimum atomic E-state index is -4.13. The molecule has 2 aromatic carbocycles. The van der Waals surface area contributed by atoms with Gasteiger partial charge in [-0.1, -0.05) is 6.07 Å². The number of hydrogen-bond donors (Lipinski definition) is 1. The summed E-state index contributed by atoms with van der Waals surface area (Å²) in [7, 11) is -1.05. The highest BCUT2D eigenvalue weighted by molar-refractivity contribution is 7.87. The number of rotatable bonds is 13. The molecular formula is C25H37N3O6S. The highest BCUT2D eigenvalue weighted by Crippen LogP contribution is 2.30. The molecule has 1 N–H and O–H groups in total. The van der Waals surface area contributed by atoms with Gasteiger partial charge < -0.3 is 28.8 Å². The Morgan fingerprint density at radius 2 is 1.69 bits per heavy atom. The number of amides is 2. The lowest BCUT2D eigenvalue weighted by molar-refractivity contribution is 0.145. The Balaban J connectivity index is 2.46. The second kappa shape index (κ2) is 13.2. The van der Waals surface area contributed by atoms with Crippen LogP contribution in [0.2, 0.25) is 0 Å². The van der Waals surface area contributed by atoms with Gasteiger partial charge in [0.15, 0.2) is 0 Å². The zero-order valence-corrected chi connectivity index (χ0v) is 22.2. The molecule has 2 amide bonds. The van der Waals surface area contributed by atoms with Crippen LogP contribution in [0.4, 0.5) is 10.5 Å². The van der Waals surface area contributed by atoms with Gasteiger partial charge in [0.25, 0.3) is 0 Å². The average molecular weight is 508 g/mol. The molecule has 0 fully saturated rings. The van der Waals surface area contributed by atoms with Gasteiger partial charge in [-0.2, -0.15) is 8.42 Å². The summed E-state index contributed by atoms with van der Waals surface area (Å²) in [5.74, 6) is 0.711. The molecule has 0 spiro atoms. The summed E-state index contributed by atoms with van der Waals surface area (Å²) in [5.41, 5.74) is 1.39. The number of anilines is 1. The number of ether oxygens (including phenoxy) is 2. The van der Waals surface area contributed by atoms with Crippen LogP contribution >= 0.6 is 0 Å². The molecule has 0 bridgehead atoms. The van der Waals surface area contributed by atoms with E-state index in [0.717, 1.165) is 18.8 Å². The quantitative estimate of drug-likeness (QED) is 0.411. The molecule has 0 aliphatic carbocycles. The van der Waals surface area contributed by atoms with E-state index in [9.17, 15) is 13.2 Å². The third-order valence-electron chi connectivity index (χ3n) is 5.35. The van der Waals surface area contributed by atoms with Crippen molar-refractivity contribution in [3.05, 3.63) is 48.0 Å². The third-order valence-corrected chi connectivity index (χ3v) is 6.60. The number of nitrogens with zero attached hydrogens (tertiary/aromatic N) is 2. The Kier molecular flexibility index (Phi) is 10.7. The Hall–Kier alpha value is -2.98. The molecule has 0 unspecified atom stereocenters. The fourth-order valence-corrected chi connectivity index (χ4v) is 4.40. The zero-order chi connectivity index (χ0) is 26.0. The van der Waals surface area contributed by atoms with Crippen molar-refractivity contribution in [3.63, 3.8) is 0 Å². The number of urea groups is 1. The van der Waals surface area contributed by atoms with Crippen LogP contribution in [-0.4, -0.2) is 65.9 Å². The van der Waals surface area contributed by atoms with E-state index in [1.807, 2.05) is 33.8 Å². The van der Waals surface area contributed by atoms with Gasteiger partial charge in [-0.3, -0.25) is 0 Å². The smallest absolute Gasteiger partial charge is 0.339 e. The summed E-state index contributed by atoms with van der Waals surface area (Å²) in [5, 5.41) is 2.88. The molecule has 9 nitrogen and oxygen atoms in total. The summed E-state index contributed by atoms with van der Waals surface area (Å²) >= 11 is 0. The lowest BCUT2D eigenvalue weighted by atomic mass is 10.1. The molecule has 10 heteroatoms. The molecule has 0 aromatic heterocycles. The molecule has 0 atom stereocenters. The highest BCUT2D eigenvalue weighted by Gasteiger charge is 2.23. The van der Waals surface area contributed by atoms with Crippen LogP contribution in [-0.2, 0) is 21.4 Å². The van der Waals surface area contributed by atoms with E-state index in [4.69, 9.17) is 13.7 Å². The first-order chi connectivity index (χ1) is 16.6. The molecule has 0 aliphatic rings. The molecule has 194 valence electrons. The van der Waals surface area contributed by atoms with Gasteiger partial charge in [0.1, 0.15) is 16.4 Å². The van der Waals surface area contributed by atoms with Crippen molar-refractivity contribution in [2.75, 3.05) is 45.4 Å². The van der Waals surface area contributed by atoms with Crippen LogP contribution in [0.1, 0.15) is 33.3 Å². The van der Waals surface area contributed by atoms with E-state index in [1.165, 1.54) is 19.2 Å². The van der Waals surface area contributed by atoms with Gasteiger partial charge in [0.2, 0.25) is 0 Å². The standard InChI is InChI=1S/C25H37N3O6S/c1-7-27(8-2)21-10-9-20(18-28(15-16-32-5)25(29)26-19(3)4)24(17-21)34-35(30,31)23-13-11-22(33-6)12-14-23/h9-14,17,19H,7-8,15-16,18H2,1-6H3,(H,26,29). The van der Waals surface area contributed by atoms with Crippen molar-refractivity contribution >= 4 is 21.8 Å². The van der Waals surface area contributed by atoms with Gasteiger partial charge in [0, 0.05) is 50.1 Å². The summed E-state index contributed by atoms with van der Waals surface area (Å²) < 4.78 is 42.2. The Morgan fingerprint density at radius 1 is 1.03 bits per heavy atom. The number of nitrogens with one attached hydrogen (secondary N) is 1. The van der Waals surface area contributed by atoms with Gasteiger partial charge in [-0.05, 0) is 58.0 Å². The predicted octanol–water partition coefficient (Wildman–Crippen LogP) is 3.88. The van der Waals surface area contributed by atoms with Gasteiger partial charge in [0.05, 0.1) is 20.3 Å². The first kappa shape index (κ1) is 28.3. The molecule has 35 heavy (non-hydrogen) atoms. The van der Waals surface area contributed by atoms with Gasteiger partial charge in [-0.25, -0.2) is 4.79 Å². The Labute approximate surface area is 209 Å². The highest BCUT2D eigenvalue weighted by atomic mass is 32.2. The van der Waals surface area contributed by atoms with Crippen LogP contribution in [0.3, 0.4) is 0 Å². The maximum absolute atomic E-state index is 13.1. The summed E-state index contributed by atoms with van der Waals surface area (Å²) in [6.07, 6.45) is 0. The maximum Gasteiger partial charge on any atom is 0.339 e. The third kappa shape index (κ3) is 8.03. The van der Waals surface area contributed by atoms with Crippen LogP contribution < -0.4 is 19.1 Å². The fraction of sp³-hybridized carbons (Fsp3) is 0.480. The Morgan fingerprint density at radius 3 is 2.23 bits per heavy atom. The number of carbonyl (C=O) groups is 1. The first-order valence-electron chi connectivity index (χ1n) is 11.7. The largest absolute Gasteiger partial charge is 0.497 e. The van der Waals surface area contributed by atoms with Crippen molar-refractivity contribution in [2.45, 2.75) is 45.2 Å². The van der Waals surface area contributed by atoms with E-state index < -0.39 is 10.1 Å². The Bertz CT molecular complexity index is 1050. The summed E-state index contributed by atoms with van der Waals surface area (Å²) in [6, 6.07) is 11.1. The maximum atomic E-state index is 13.1. The van der Waals surface area contributed by atoms with Crippen LogP contribution in [0.5, 0.6) is 11.5 Å². The monoisotopic (exact) mass is 507 g/mol. The van der Waals surface area contributed by atoms with Crippen molar-refractivity contribution in [2.24, 2.45) is 0 Å². The molecular weight excluding hydrogens is 470 g/mol. The fourth-order valence-electron chi connectivity index (χ4n) is 3.44. The molecule has 0 saturated carbocycles. The second-order valence-electron chi connectivity index (χ2n) is 8.20. The topological polar surface area (TPSA) is 97.4 Å². The van der Waals surface area contributed by atoms with Crippen molar-refractivity contribution in [1.82, 2.24) is 10.2 Å². The van der Waals surface area contributed by atoms with E-state index >= 15 is 0 Å². The number of carbonyl (C=O) groups excluding carboxylic acids is 1. The summed E-state index contributed by atoms with van der Waals surface area (Å²) in [4.78, 5) is 16.5. The normalized spacial score (nSPS) is 11.3. The van der Waals surface area contributed by atoms with Gasteiger partial charge in [-0.15, -0.1) is 0 Å². The van der Waals surface area contributed by atoms with E-state index in [0.29, 0.717) is 24.5 Å². The van der Waals surface area contributed by atoms with Crippen LogP contribution in [0.25, 0.3) is 0 Å². The molecule has 2 rings (SSSR count). The second-order valence-corrected chi connectivity index (χ2v) is 9.74. The minimum absolute atomic E-state index is 0.00582. The number of hydrogen-bond acceptors (Lipinski definition) is 7. The van der Waals surface area contributed by atoms with E-state index in [1.54, 1.807) is 36.3 Å². The van der Waals surface area contributed by atoms with Crippen LogP contribution in [0.15, 0.2) is 47.4 Å². The number of methoxy groups -OCH3 is 2. The predicted molar refractivity (Wildman–Crippen MR) is 137 cm³/mol.